The van der Waals surface area contributed by atoms with E-state index in [1.165, 1.54) is 0 Å². The average Bonchev–Trinajstić information content (AvgIpc) is 2.31. The maximum atomic E-state index is 11.8. The van der Waals surface area contributed by atoms with E-state index < -0.39 is 5.41 Å². The molecule has 4 heteroatoms. The zero-order valence-electron chi connectivity index (χ0n) is 10.1. The van der Waals surface area contributed by atoms with Gasteiger partial charge in [-0.15, -0.1) is 0 Å². The zero-order chi connectivity index (χ0) is 12.2. The van der Waals surface area contributed by atoms with Crippen LogP contribution in [0.4, 0.5) is 0 Å². The number of esters is 1. The third-order valence-electron chi connectivity index (χ3n) is 3.54. The Balaban J connectivity index is 2.45. The molecule has 1 aliphatic carbocycles. The molecular formula is C12H22O4. The third-order valence-corrected chi connectivity index (χ3v) is 3.54. The topological polar surface area (TPSA) is 66.8 Å². The number of rotatable bonds is 4. The van der Waals surface area contributed by atoms with E-state index in [9.17, 15) is 15.0 Å². The van der Waals surface area contributed by atoms with Crippen molar-refractivity contribution in [2.75, 3.05) is 6.61 Å². The second-order valence-electron chi connectivity index (χ2n) is 4.91. The molecule has 1 unspecified atom stereocenters. The van der Waals surface area contributed by atoms with Gasteiger partial charge in [-0.3, -0.25) is 4.79 Å². The summed E-state index contributed by atoms with van der Waals surface area (Å²) < 4.78 is 5.38. The summed E-state index contributed by atoms with van der Waals surface area (Å²) in [4.78, 5) is 11.8. The average molecular weight is 230 g/mol. The molecule has 1 saturated carbocycles. The Kier molecular flexibility index (Phi) is 4.74. The lowest BCUT2D eigenvalue weighted by atomic mass is 9.88. The third kappa shape index (κ3) is 3.19. The molecule has 1 aliphatic rings. The van der Waals surface area contributed by atoms with Crippen molar-refractivity contribution >= 4 is 5.97 Å². The molecule has 0 heterocycles. The van der Waals surface area contributed by atoms with Gasteiger partial charge in [0.2, 0.25) is 0 Å². The molecule has 2 N–H and O–H groups in total. The van der Waals surface area contributed by atoms with Crippen LogP contribution in [-0.2, 0) is 9.53 Å². The lowest BCUT2D eigenvalue weighted by Gasteiger charge is -2.30. The van der Waals surface area contributed by atoms with E-state index in [1.54, 1.807) is 6.92 Å². The van der Waals surface area contributed by atoms with Crippen LogP contribution in [-0.4, -0.2) is 35.0 Å². The fourth-order valence-electron chi connectivity index (χ4n) is 1.78. The number of hydrogen-bond donors (Lipinski definition) is 2. The molecule has 4 nitrogen and oxygen atoms in total. The first-order chi connectivity index (χ1) is 7.51. The summed E-state index contributed by atoms with van der Waals surface area (Å²) in [5.74, 6) is -0.320. The molecule has 0 spiro atoms. The Morgan fingerprint density at radius 1 is 1.38 bits per heavy atom. The molecule has 0 saturated heterocycles. The summed E-state index contributed by atoms with van der Waals surface area (Å²) in [7, 11) is 0. The number of aliphatic hydroxyl groups excluding tert-OH is 2. The Morgan fingerprint density at radius 3 is 2.38 bits per heavy atom. The summed E-state index contributed by atoms with van der Waals surface area (Å²) in [6.45, 7) is 3.40. The van der Waals surface area contributed by atoms with E-state index in [4.69, 9.17) is 4.74 Å². The highest BCUT2D eigenvalue weighted by Gasteiger charge is 2.34. The van der Waals surface area contributed by atoms with Crippen LogP contribution in [0.5, 0.6) is 0 Å². The lowest BCUT2D eigenvalue weighted by molar-refractivity contribution is -0.165. The summed E-state index contributed by atoms with van der Waals surface area (Å²) in [5, 5.41) is 18.5. The van der Waals surface area contributed by atoms with Crippen LogP contribution in [0.2, 0.25) is 0 Å². The van der Waals surface area contributed by atoms with E-state index in [2.05, 4.69) is 0 Å². The van der Waals surface area contributed by atoms with Crippen molar-refractivity contribution in [3.63, 3.8) is 0 Å². The van der Waals surface area contributed by atoms with Gasteiger partial charge in [0.25, 0.3) is 0 Å². The first-order valence-electron chi connectivity index (χ1n) is 6.02. The van der Waals surface area contributed by atoms with Gasteiger partial charge in [-0.05, 0) is 39.0 Å². The number of carbonyl (C=O) groups excluding carboxylic acids is 1. The molecule has 94 valence electrons. The summed E-state index contributed by atoms with van der Waals surface area (Å²) in [6.07, 6.45) is 3.06. The smallest absolute Gasteiger partial charge is 0.314 e. The Bertz CT molecular complexity index is 227. The van der Waals surface area contributed by atoms with Gasteiger partial charge in [-0.25, -0.2) is 0 Å². The van der Waals surface area contributed by atoms with Gasteiger partial charge in [0, 0.05) is 0 Å². The minimum atomic E-state index is -0.782. The van der Waals surface area contributed by atoms with E-state index in [0.29, 0.717) is 19.3 Å². The van der Waals surface area contributed by atoms with Gasteiger partial charge in [0.05, 0.1) is 18.1 Å². The first kappa shape index (κ1) is 13.5. The fourth-order valence-corrected chi connectivity index (χ4v) is 1.78. The van der Waals surface area contributed by atoms with Gasteiger partial charge in [0.15, 0.2) is 0 Å². The largest absolute Gasteiger partial charge is 0.462 e. The van der Waals surface area contributed by atoms with Gasteiger partial charge in [-0.2, -0.15) is 0 Å². The van der Waals surface area contributed by atoms with Crippen molar-refractivity contribution in [2.45, 2.75) is 58.2 Å². The van der Waals surface area contributed by atoms with Crippen LogP contribution in [0.25, 0.3) is 0 Å². The maximum Gasteiger partial charge on any atom is 0.314 e. The molecule has 0 radical (unpaired) electrons. The summed E-state index contributed by atoms with van der Waals surface area (Å²) in [5.41, 5.74) is -0.782. The van der Waals surface area contributed by atoms with E-state index in [1.807, 2.05) is 6.92 Å². The Hall–Kier alpha value is -0.610. The van der Waals surface area contributed by atoms with Crippen LogP contribution in [0.3, 0.4) is 0 Å². The molecule has 0 aromatic heterocycles. The molecule has 1 fully saturated rings. The van der Waals surface area contributed by atoms with Gasteiger partial charge < -0.3 is 14.9 Å². The standard InChI is InChI=1S/C12H22O4/c1-3-12(2,8-13)11(15)16-10-6-4-9(14)5-7-10/h9-10,13-14H,3-8H2,1-2H3. The lowest BCUT2D eigenvalue weighted by Crippen LogP contribution is -2.37. The van der Waals surface area contributed by atoms with Gasteiger partial charge in [0.1, 0.15) is 6.10 Å². The van der Waals surface area contributed by atoms with Crippen LogP contribution >= 0.6 is 0 Å². The molecule has 0 aromatic rings. The predicted octanol–water partition coefficient (Wildman–Crippen LogP) is 1.24. The molecule has 0 bridgehead atoms. The number of hydrogen-bond acceptors (Lipinski definition) is 4. The van der Waals surface area contributed by atoms with Crippen molar-refractivity contribution < 1.29 is 19.7 Å². The minimum Gasteiger partial charge on any atom is -0.462 e. The SMILES string of the molecule is CCC(C)(CO)C(=O)OC1CCC(O)CC1. The molecule has 0 aliphatic heterocycles. The van der Waals surface area contributed by atoms with Crippen molar-refractivity contribution in [1.29, 1.82) is 0 Å². The highest BCUT2D eigenvalue weighted by molar-refractivity contribution is 5.76. The molecule has 0 amide bonds. The quantitative estimate of drug-likeness (QED) is 0.713. The Labute approximate surface area is 96.6 Å². The van der Waals surface area contributed by atoms with Gasteiger partial charge >= 0.3 is 5.97 Å². The van der Waals surface area contributed by atoms with Crippen LogP contribution in [0, 0.1) is 5.41 Å². The Morgan fingerprint density at radius 2 is 1.94 bits per heavy atom. The molecule has 1 rings (SSSR count). The van der Waals surface area contributed by atoms with Crippen LogP contribution in [0.15, 0.2) is 0 Å². The van der Waals surface area contributed by atoms with E-state index >= 15 is 0 Å². The van der Waals surface area contributed by atoms with Crippen molar-refractivity contribution in [2.24, 2.45) is 5.41 Å². The molecule has 16 heavy (non-hydrogen) atoms. The van der Waals surface area contributed by atoms with Crippen LogP contribution in [0.1, 0.15) is 46.0 Å². The van der Waals surface area contributed by atoms with Crippen molar-refractivity contribution in [3.8, 4) is 0 Å². The summed E-state index contributed by atoms with van der Waals surface area (Å²) >= 11 is 0. The molecule has 1 atom stereocenters. The number of aliphatic hydroxyl groups is 2. The maximum absolute atomic E-state index is 11.8. The van der Waals surface area contributed by atoms with Gasteiger partial charge in [-0.1, -0.05) is 6.92 Å². The second kappa shape index (κ2) is 5.64. The van der Waals surface area contributed by atoms with Crippen molar-refractivity contribution in [3.05, 3.63) is 0 Å². The number of carbonyl (C=O) groups is 1. The highest BCUT2D eigenvalue weighted by atomic mass is 16.5. The van der Waals surface area contributed by atoms with E-state index in [-0.39, 0.29) is 24.8 Å². The fraction of sp³-hybridized carbons (Fsp3) is 0.917. The van der Waals surface area contributed by atoms with E-state index in [0.717, 1.165) is 12.8 Å². The van der Waals surface area contributed by atoms with Crippen molar-refractivity contribution in [1.82, 2.24) is 0 Å². The molecule has 0 aromatic carbocycles. The predicted molar refractivity (Wildman–Crippen MR) is 59.8 cm³/mol. The number of ether oxygens (including phenoxy) is 1. The first-order valence-corrected chi connectivity index (χ1v) is 6.02. The highest BCUT2D eigenvalue weighted by Crippen LogP contribution is 2.27. The monoisotopic (exact) mass is 230 g/mol. The van der Waals surface area contributed by atoms with Crippen LogP contribution < -0.4 is 0 Å². The summed E-state index contributed by atoms with van der Waals surface area (Å²) in [6, 6.07) is 0. The normalized spacial score (nSPS) is 29.5. The second-order valence-corrected chi connectivity index (χ2v) is 4.91. The minimum absolute atomic E-state index is 0.0895. The zero-order valence-corrected chi connectivity index (χ0v) is 10.1. The molecular weight excluding hydrogens is 208 g/mol.